The van der Waals surface area contributed by atoms with E-state index < -0.39 is 0 Å². The summed E-state index contributed by atoms with van der Waals surface area (Å²) in [6, 6.07) is 16.2. The van der Waals surface area contributed by atoms with Crippen molar-refractivity contribution in [3.05, 3.63) is 64.2 Å². The molecule has 4 rings (SSSR count). The number of likely N-dealkylation sites (tertiary alicyclic amines) is 1. The molecule has 2 aromatic carbocycles. The van der Waals surface area contributed by atoms with Gasteiger partial charge in [-0.2, -0.15) is 5.26 Å². The van der Waals surface area contributed by atoms with Gasteiger partial charge in [-0.1, -0.05) is 35.9 Å². The van der Waals surface area contributed by atoms with Crippen molar-refractivity contribution in [1.82, 2.24) is 4.90 Å². The zero-order valence-corrected chi connectivity index (χ0v) is 14.6. The van der Waals surface area contributed by atoms with Crippen LogP contribution >= 0.6 is 11.6 Å². The van der Waals surface area contributed by atoms with E-state index in [-0.39, 0.29) is 18.2 Å². The van der Waals surface area contributed by atoms with E-state index in [2.05, 4.69) is 29.2 Å². The van der Waals surface area contributed by atoms with Crippen LogP contribution in [-0.4, -0.2) is 30.1 Å². The van der Waals surface area contributed by atoms with E-state index >= 15 is 0 Å². The molecular formula is C20H20ClN3O. The molecule has 128 valence electrons. The summed E-state index contributed by atoms with van der Waals surface area (Å²) in [5.74, 6) is 0.621. The lowest BCUT2D eigenvalue weighted by molar-refractivity contribution is 0.0934. The van der Waals surface area contributed by atoms with Crippen LogP contribution in [0.3, 0.4) is 0 Å². The van der Waals surface area contributed by atoms with E-state index in [0.29, 0.717) is 16.3 Å². The van der Waals surface area contributed by atoms with Crippen molar-refractivity contribution in [1.29, 1.82) is 5.26 Å². The molecule has 1 saturated heterocycles. The van der Waals surface area contributed by atoms with Crippen molar-refractivity contribution in [3.63, 3.8) is 0 Å². The third-order valence-electron chi connectivity index (χ3n) is 5.18. The third kappa shape index (κ3) is 3.11. The molecule has 4 nitrogen and oxygen atoms in total. The monoisotopic (exact) mass is 353 g/mol. The molecule has 0 aromatic heterocycles. The maximum Gasteiger partial charge on any atom is 0.140 e. The fourth-order valence-electron chi connectivity index (χ4n) is 3.92. The molecule has 2 aliphatic rings. The molecule has 1 aliphatic heterocycles. The van der Waals surface area contributed by atoms with E-state index in [0.717, 1.165) is 25.9 Å². The molecule has 0 amide bonds. The van der Waals surface area contributed by atoms with Gasteiger partial charge in [0.05, 0.1) is 22.7 Å². The second-order valence-corrected chi connectivity index (χ2v) is 7.22. The topological polar surface area (TPSA) is 62.3 Å². The van der Waals surface area contributed by atoms with Gasteiger partial charge in [0.15, 0.2) is 0 Å². The van der Waals surface area contributed by atoms with Gasteiger partial charge in [0.25, 0.3) is 0 Å². The van der Waals surface area contributed by atoms with E-state index in [9.17, 15) is 0 Å². The smallest absolute Gasteiger partial charge is 0.140 e. The van der Waals surface area contributed by atoms with Crippen LogP contribution < -0.4 is 10.5 Å². The summed E-state index contributed by atoms with van der Waals surface area (Å²) in [5, 5.41) is 9.48. The average molecular weight is 354 g/mol. The summed E-state index contributed by atoms with van der Waals surface area (Å²) < 4.78 is 6.37. The van der Waals surface area contributed by atoms with Crippen molar-refractivity contribution >= 4 is 11.6 Å². The Balaban J connectivity index is 1.65. The van der Waals surface area contributed by atoms with Crippen LogP contribution in [0.5, 0.6) is 5.75 Å². The SMILES string of the molecule is N#Cc1ccc(O[C@@H]2c3ccccc3C[C@H]2N2CC[C@H](N)C2)c(Cl)c1. The van der Waals surface area contributed by atoms with Gasteiger partial charge in [0.1, 0.15) is 11.9 Å². The second-order valence-electron chi connectivity index (χ2n) is 6.81. The summed E-state index contributed by atoms with van der Waals surface area (Å²) >= 11 is 6.33. The van der Waals surface area contributed by atoms with Crippen LogP contribution in [0, 0.1) is 11.3 Å². The minimum absolute atomic E-state index is 0.0769. The third-order valence-corrected chi connectivity index (χ3v) is 5.48. The number of hydrogen-bond acceptors (Lipinski definition) is 4. The normalized spacial score (nSPS) is 25.6. The minimum atomic E-state index is -0.0769. The van der Waals surface area contributed by atoms with Crippen molar-refractivity contribution in [2.24, 2.45) is 5.73 Å². The van der Waals surface area contributed by atoms with E-state index in [4.69, 9.17) is 27.3 Å². The zero-order chi connectivity index (χ0) is 17.4. The highest BCUT2D eigenvalue weighted by atomic mass is 35.5. The lowest BCUT2D eigenvalue weighted by Crippen LogP contribution is -2.40. The minimum Gasteiger partial charge on any atom is -0.482 e. The van der Waals surface area contributed by atoms with Gasteiger partial charge >= 0.3 is 0 Å². The Hall–Kier alpha value is -2.06. The zero-order valence-electron chi connectivity index (χ0n) is 13.9. The average Bonchev–Trinajstić information content (AvgIpc) is 3.20. The number of halogens is 1. The maximum absolute atomic E-state index is 9.01. The molecule has 1 heterocycles. The van der Waals surface area contributed by atoms with Gasteiger partial charge in [-0.25, -0.2) is 0 Å². The van der Waals surface area contributed by atoms with Crippen molar-refractivity contribution in [2.75, 3.05) is 13.1 Å². The molecule has 5 heteroatoms. The van der Waals surface area contributed by atoms with Crippen LogP contribution in [0.2, 0.25) is 5.02 Å². The molecule has 1 fully saturated rings. The number of benzene rings is 2. The number of hydrogen-bond donors (Lipinski definition) is 1. The summed E-state index contributed by atoms with van der Waals surface area (Å²) in [6.45, 7) is 1.90. The lowest BCUT2D eigenvalue weighted by atomic mass is 10.1. The first-order chi connectivity index (χ1) is 12.2. The summed E-state index contributed by atoms with van der Waals surface area (Å²) in [6.07, 6.45) is 1.91. The molecule has 0 saturated carbocycles. The van der Waals surface area contributed by atoms with Gasteiger partial charge in [-0.3, -0.25) is 4.90 Å². The van der Waals surface area contributed by atoms with Gasteiger partial charge in [0, 0.05) is 19.1 Å². The highest BCUT2D eigenvalue weighted by molar-refractivity contribution is 6.32. The quantitative estimate of drug-likeness (QED) is 0.919. The molecule has 25 heavy (non-hydrogen) atoms. The molecule has 2 aromatic rings. The Labute approximate surface area is 152 Å². The molecule has 1 aliphatic carbocycles. The first-order valence-electron chi connectivity index (χ1n) is 8.59. The summed E-state index contributed by atoms with van der Waals surface area (Å²) in [5.41, 5.74) is 9.19. The van der Waals surface area contributed by atoms with Gasteiger partial charge < -0.3 is 10.5 Å². The molecule has 0 spiro atoms. The molecule has 0 unspecified atom stereocenters. The van der Waals surface area contributed by atoms with Gasteiger partial charge in [-0.15, -0.1) is 0 Å². The van der Waals surface area contributed by atoms with Crippen LogP contribution in [0.15, 0.2) is 42.5 Å². The number of fused-ring (bicyclic) bond motifs is 1. The number of rotatable bonds is 3. The summed E-state index contributed by atoms with van der Waals surface area (Å²) in [4.78, 5) is 2.44. The number of nitrogens with zero attached hydrogens (tertiary/aromatic N) is 2. The Morgan fingerprint density at radius 1 is 1.24 bits per heavy atom. The first-order valence-corrected chi connectivity index (χ1v) is 8.97. The fourth-order valence-corrected chi connectivity index (χ4v) is 4.14. The van der Waals surface area contributed by atoms with Crippen LogP contribution in [0.25, 0.3) is 0 Å². The number of ether oxygens (including phenoxy) is 1. The molecule has 2 N–H and O–H groups in total. The Morgan fingerprint density at radius 3 is 2.80 bits per heavy atom. The van der Waals surface area contributed by atoms with Gasteiger partial charge in [-0.05, 0) is 42.2 Å². The van der Waals surface area contributed by atoms with Crippen molar-refractivity contribution in [2.45, 2.75) is 31.0 Å². The predicted octanol–water partition coefficient (Wildman–Crippen LogP) is 3.29. The Kier molecular flexibility index (Phi) is 4.39. The largest absolute Gasteiger partial charge is 0.482 e. The van der Waals surface area contributed by atoms with Crippen molar-refractivity contribution < 1.29 is 4.74 Å². The van der Waals surface area contributed by atoms with Crippen LogP contribution in [0.1, 0.15) is 29.2 Å². The van der Waals surface area contributed by atoms with Crippen molar-refractivity contribution in [3.8, 4) is 11.8 Å². The number of nitrogens with two attached hydrogens (primary N) is 1. The van der Waals surface area contributed by atoms with E-state index in [1.165, 1.54) is 11.1 Å². The lowest BCUT2D eigenvalue weighted by Gasteiger charge is -2.30. The standard InChI is InChI=1S/C20H20ClN3O/c21-17-9-13(11-22)5-6-19(17)25-20-16-4-2-1-3-14(16)10-18(20)24-8-7-15(23)12-24/h1-6,9,15,18,20H,7-8,10,12,23H2/t15-,18+,20+/m0/s1. The van der Waals surface area contributed by atoms with Crippen LogP contribution in [-0.2, 0) is 6.42 Å². The fraction of sp³-hybridized carbons (Fsp3) is 0.350. The van der Waals surface area contributed by atoms with Gasteiger partial charge in [0.2, 0.25) is 0 Å². The first kappa shape index (κ1) is 16.4. The molecule has 3 atom stereocenters. The highest BCUT2D eigenvalue weighted by Crippen LogP contribution is 2.40. The number of nitriles is 1. The Morgan fingerprint density at radius 2 is 2.08 bits per heavy atom. The molecule has 0 bridgehead atoms. The molecule has 0 radical (unpaired) electrons. The van der Waals surface area contributed by atoms with E-state index in [1.807, 2.05) is 6.07 Å². The predicted molar refractivity (Wildman–Crippen MR) is 97.6 cm³/mol. The second kappa shape index (κ2) is 6.68. The van der Waals surface area contributed by atoms with Crippen LogP contribution in [0.4, 0.5) is 0 Å². The van der Waals surface area contributed by atoms with E-state index in [1.54, 1.807) is 18.2 Å². The Bertz CT molecular complexity index is 832. The maximum atomic E-state index is 9.01. The molecular weight excluding hydrogens is 334 g/mol. The summed E-state index contributed by atoms with van der Waals surface area (Å²) in [7, 11) is 0. The highest BCUT2D eigenvalue weighted by Gasteiger charge is 2.40.